The highest BCUT2D eigenvalue weighted by atomic mass is 19.4. The largest absolute Gasteiger partial charge is 0.464 e. The minimum Gasteiger partial charge on any atom is -0.464 e. The first kappa shape index (κ1) is 14.3. The molecule has 0 aliphatic heterocycles. The molecule has 0 radical (unpaired) electrons. The lowest BCUT2D eigenvalue weighted by Gasteiger charge is -2.29. The molecule has 0 bridgehead atoms. The van der Waals surface area contributed by atoms with Crippen molar-refractivity contribution in [3.8, 4) is 0 Å². The maximum absolute atomic E-state index is 12.4. The quantitative estimate of drug-likeness (QED) is 0.785. The number of hydrogen-bond acceptors (Lipinski definition) is 3. The Bertz CT molecular complexity index is 258. The van der Waals surface area contributed by atoms with Crippen LogP contribution in [0.3, 0.4) is 0 Å². The molecule has 1 atom stereocenters. The molecule has 3 nitrogen and oxygen atoms in total. The van der Waals surface area contributed by atoms with Crippen molar-refractivity contribution in [3.63, 3.8) is 0 Å². The highest BCUT2D eigenvalue weighted by Crippen LogP contribution is 2.39. The Balaban J connectivity index is 2.26. The summed E-state index contributed by atoms with van der Waals surface area (Å²) in [5, 5.41) is 0. The molecule has 100 valence electrons. The van der Waals surface area contributed by atoms with Crippen molar-refractivity contribution < 1.29 is 22.7 Å². The first-order chi connectivity index (χ1) is 7.80. The molecule has 1 saturated carbocycles. The fourth-order valence-corrected chi connectivity index (χ4v) is 1.99. The van der Waals surface area contributed by atoms with Crippen LogP contribution in [0.25, 0.3) is 0 Å². The second-order valence-corrected chi connectivity index (χ2v) is 4.68. The fraction of sp³-hybridized carbons (Fsp3) is 0.909. The first-order valence-electron chi connectivity index (χ1n) is 5.79. The van der Waals surface area contributed by atoms with E-state index in [9.17, 15) is 18.0 Å². The Kier molecular flexibility index (Phi) is 4.80. The number of esters is 1. The van der Waals surface area contributed by atoms with Gasteiger partial charge in [-0.2, -0.15) is 13.2 Å². The van der Waals surface area contributed by atoms with Gasteiger partial charge in [-0.3, -0.25) is 4.79 Å². The fourth-order valence-electron chi connectivity index (χ4n) is 1.99. The zero-order valence-corrected chi connectivity index (χ0v) is 9.80. The molecule has 0 aromatic heterocycles. The van der Waals surface area contributed by atoms with Crippen LogP contribution in [0.5, 0.6) is 0 Å². The van der Waals surface area contributed by atoms with Gasteiger partial charge in [-0.1, -0.05) is 0 Å². The number of ether oxygens (including phenoxy) is 1. The van der Waals surface area contributed by atoms with E-state index >= 15 is 0 Å². The second kappa shape index (κ2) is 5.71. The van der Waals surface area contributed by atoms with Crippen molar-refractivity contribution >= 4 is 5.97 Å². The molecule has 2 N–H and O–H groups in total. The van der Waals surface area contributed by atoms with Crippen LogP contribution in [-0.4, -0.2) is 24.8 Å². The zero-order chi connectivity index (χ0) is 13.1. The van der Waals surface area contributed by atoms with Gasteiger partial charge in [0.05, 0.1) is 12.5 Å². The smallest absolute Gasteiger partial charge is 0.391 e. The van der Waals surface area contributed by atoms with E-state index in [4.69, 9.17) is 10.5 Å². The number of carbonyl (C=O) groups excluding carboxylic acids is 1. The van der Waals surface area contributed by atoms with Crippen LogP contribution in [0.15, 0.2) is 0 Å². The zero-order valence-electron chi connectivity index (χ0n) is 9.80. The summed E-state index contributed by atoms with van der Waals surface area (Å²) in [6.07, 6.45) is -2.92. The minimum absolute atomic E-state index is 0.0382. The summed E-state index contributed by atoms with van der Waals surface area (Å²) in [6, 6.07) is -0.679. The lowest BCUT2D eigenvalue weighted by Crippen LogP contribution is -2.32. The van der Waals surface area contributed by atoms with Crippen LogP contribution in [0, 0.1) is 11.8 Å². The third-order valence-corrected chi connectivity index (χ3v) is 3.14. The molecule has 0 heterocycles. The van der Waals surface area contributed by atoms with Crippen molar-refractivity contribution in [2.75, 3.05) is 6.61 Å². The molecule has 0 amide bonds. The number of hydrogen-bond donors (Lipinski definition) is 1. The van der Waals surface area contributed by atoms with Crippen LogP contribution in [0.2, 0.25) is 0 Å². The number of alkyl halides is 3. The summed E-state index contributed by atoms with van der Waals surface area (Å²) < 4.78 is 42.1. The van der Waals surface area contributed by atoms with Gasteiger partial charge in [0.15, 0.2) is 0 Å². The molecular weight excluding hydrogens is 235 g/mol. The van der Waals surface area contributed by atoms with Gasteiger partial charge in [0.2, 0.25) is 0 Å². The Morgan fingerprint density at radius 2 is 1.88 bits per heavy atom. The molecule has 0 saturated heterocycles. The van der Waals surface area contributed by atoms with Crippen molar-refractivity contribution in [3.05, 3.63) is 0 Å². The van der Waals surface area contributed by atoms with Crippen molar-refractivity contribution in [2.24, 2.45) is 17.6 Å². The molecular formula is C11H18F3NO2. The summed E-state index contributed by atoms with van der Waals surface area (Å²) in [6.45, 7) is 1.70. The predicted octanol–water partition coefficient (Wildman–Crippen LogP) is 2.25. The summed E-state index contributed by atoms with van der Waals surface area (Å²) in [4.78, 5) is 11.1. The number of carbonyl (C=O) groups is 1. The van der Waals surface area contributed by atoms with Gasteiger partial charge < -0.3 is 10.5 Å². The van der Waals surface area contributed by atoms with Gasteiger partial charge in [-0.25, -0.2) is 0 Å². The molecule has 1 aliphatic carbocycles. The van der Waals surface area contributed by atoms with Crippen molar-refractivity contribution in [1.82, 2.24) is 0 Å². The van der Waals surface area contributed by atoms with Crippen molar-refractivity contribution in [2.45, 2.75) is 44.8 Å². The summed E-state index contributed by atoms with van der Waals surface area (Å²) in [5.41, 5.74) is 5.31. The minimum atomic E-state index is -4.09. The van der Waals surface area contributed by atoms with E-state index in [0.29, 0.717) is 12.8 Å². The van der Waals surface area contributed by atoms with E-state index in [2.05, 4.69) is 0 Å². The molecule has 0 spiro atoms. The molecule has 1 aliphatic rings. The van der Waals surface area contributed by atoms with Gasteiger partial charge in [-0.05, 0) is 38.5 Å². The average molecular weight is 253 g/mol. The van der Waals surface area contributed by atoms with Crippen LogP contribution in [-0.2, 0) is 9.53 Å². The Labute approximate surface area is 98.5 Å². The summed E-state index contributed by atoms with van der Waals surface area (Å²) >= 11 is 0. The lowest BCUT2D eigenvalue weighted by atomic mass is 9.82. The maximum Gasteiger partial charge on any atom is 0.391 e. The SMILES string of the molecule is CC(N)C(=O)OCC1CCC(C(F)(F)F)CC1. The standard InChI is InChI=1S/C11H18F3NO2/c1-7(15)10(16)17-6-8-2-4-9(5-3-8)11(12,13)14/h7-9H,2-6,15H2,1H3. The third kappa shape index (κ3) is 4.53. The van der Waals surface area contributed by atoms with Crippen LogP contribution >= 0.6 is 0 Å². The van der Waals surface area contributed by atoms with E-state index < -0.39 is 24.1 Å². The van der Waals surface area contributed by atoms with Gasteiger partial charge in [-0.15, -0.1) is 0 Å². The molecule has 1 rings (SSSR count). The van der Waals surface area contributed by atoms with Crippen LogP contribution in [0.4, 0.5) is 13.2 Å². The van der Waals surface area contributed by atoms with E-state index in [1.165, 1.54) is 6.92 Å². The molecule has 0 aromatic rings. The number of nitrogens with two attached hydrogens (primary N) is 1. The Morgan fingerprint density at radius 1 is 1.35 bits per heavy atom. The van der Waals surface area contributed by atoms with Gasteiger partial charge in [0, 0.05) is 0 Å². The van der Waals surface area contributed by atoms with E-state index in [1.807, 2.05) is 0 Å². The van der Waals surface area contributed by atoms with Crippen LogP contribution < -0.4 is 5.73 Å². The molecule has 6 heteroatoms. The third-order valence-electron chi connectivity index (χ3n) is 3.14. The summed E-state index contributed by atoms with van der Waals surface area (Å²) in [7, 11) is 0. The normalized spacial score (nSPS) is 27.6. The molecule has 1 unspecified atom stereocenters. The predicted molar refractivity (Wildman–Crippen MR) is 56.1 cm³/mol. The average Bonchev–Trinajstić information content (AvgIpc) is 2.25. The van der Waals surface area contributed by atoms with Gasteiger partial charge >= 0.3 is 12.1 Å². The summed E-state index contributed by atoms with van der Waals surface area (Å²) in [5.74, 6) is -1.65. The van der Waals surface area contributed by atoms with Crippen molar-refractivity contribution in [1.29, 1.82) is 0 Å². The Morgan fingerprint density at radius 3 is 2.29 bits per heavy atom. The van der Waals surface area contributed by atoms with E-state index in [0.717, 1.165) is 0 Å². The molecule has 1 fully saturated rings. The maximum atomic E-state index is 12.4. The Hall–Kier alpha value is -0.780. The first-order valence-corrected chi connectivity index (χ1v) is 5.79. The molecule has 17 heavy (non-hydrogen) atoms. The number of halogens is 3. The van der Waals surface area contributed by atoms with Gasteiger partial charge in [0.25, 0.3) is 0 Å². The lowest BCUT2D eigenvalue weighted by molar-refractivity contribution is -0.185. The van der Waals surface area contributed by atoms with Crippen LogP contribution in [0.1, 0.15) is 32.6 Å². The molecule has 0 aromatic carbocycles. The highest BCUT2D eigenvalue weighted by molar-refractivity contribution is 5.74. The topological polar surface area (TPSA) is 52.3 Å². The highest BCUT2D eigenvalue weighted by Gasteiger charge is 2.41. The van der Waals surface area contributed by atoms with E-state index in [-0.39, 0.29) is 25.4 Å². The van der Waals surface area contributed by atoms with Gasteiger partial charge in [0.1, 0.15) is 6.04 Å². The second-order valence-electron chi connectivity index (χ2n) is 4.68. The number of rotatable bonds is 3. The van der Waals surface area contributed by atoms with E-state index in [1.54, 1.807) is 0 Å². The monoisotopic (exact) mass is 253 g/mol.